The van der Waals surface area contributed by atoms with Gasteiger partial charge in [-0.2, -0.15) is 0 Å². The molecule has 1 aliphatic rings. The third kappa shape index (κ3) is 1.93. The molecule has 1 fully saturated rings. The molecule has 0 heteroatoms. The fraction of sp³-hybridized carbons (Fsp3) is 0.538. The normalized spacial score (nSPS) is 27.8. The summed E-state index contributed by atoms with van der Waals surface area (Å²) in [4.78, 5) is 0. The average molecular weight is 174 g/mol. The Morgan fingerprint density at radius 3 is 2.31 bits per heavy atom. The predicted molar refractivity (Wildman–Crippen MR) is 56.9 cm³/mol. The van der Waals surface area contributed by atoms with Crippen LogP contribution in [0.15, 0.2) is 24.3 Å². The zero-order valence-electron chi connectivity index (χ0n) is 8.59. The third-order valence-electron chi connectivity index (χ3n) is 3.24. The maximum Gasteiger partial charge on any atom is -0.0159 e. The van der Waals surface area contributed by atoms with Gasteiger partial charge >= 0.3 is 0 Å². The maximum atomic E-state index is 2.37. The van der Waals surface area contributed by atoms with Gasteiger partial charge in [0.15, 0.2) is 0 Å². The van der Waals surface area contributed by atoms with Gasteiger partial charge in [-0.25, -0.2) is 0 Å². The van der Waals surface area contributed by atoms with E-state index in [4.69, 9.17) is 0 Å². The molecule has 0 nitrogen and oxygen atoms in total. The van der Waals surface area contributed by atoms with Crippen molar-refractivity contribution in [1.29, 1.82) is 0 Å². The predicted octanol–water partition coefficient (Wildman–Crippen LogP) is 3.90. The quantitative estimate of drug-likeness (QED) is 0.605. The first-order chi connectivity index (χ1) is 6.25. The summed E-state index contributed by atoms with van der Waals surface area (Å²) in [5, 5.41) is 0. The summed E-state index contributed by atoms with van der Waals surface area (Å²) in [7, 11) is 0. The molecule has 1 saturated carbocycles. The highest BCUT2D eigenvalue weighted by atomic mass is 14.3. The number of hydrogen-bond donors (Lipinski definition) is 0. The van der Waals surface area contributed by atoms with Gasteiger partial charge in [-0.1, -0.05) is 43.2 Å². The van der Waals surface area contributed by atoms with Crippen molar-refractivity contribution in [2.24, 2.45) is 5.92 Å². The molecule has 1 unspecified atom stereocenters. The van der Waals surface area contributed by atoms with Crippen LogP contribution in [0.5, 0.6) is 0 Å². The lowest BCUT2D eigenvalue weighted by atomic mass is 9.96. The summed E-state index contributed by atoms with van der Waals surface area (Å²) in [6, 6.07) is 9.08. The summed E-state index contributed by atoms with van der Waals surface area (Å²) in [6.45, 7) is 4.52. The molecule has 0 amide bonds. The highest BCUT2D eigenvalue weighted by Crippen LogP contribution is 2.37. The second-order valence-electron chi connectivity index (χ2n) is 4.53. The lowest BCUT2D eigenvalue weighted by Gasteiger charge is -2.09. The second kappa shape index (κ2) is 3.53. The number of benzene rings is 1. The van der Waals surface area contributed by atoms with Crippen molar-refractivity contribution in [2.75, 3.05) is 0 Å². The molecule has 0 aliphatic heterocycles. The Morgan fingerprint density at radius 1 is 1.08 bits per heavy atom. The van der Waals surface area contributed by atoms with E-state index in [1.807, 2.05) is 0 Å². The average Bonchev–Trinajstić information content (AvgIpc) is 2.53. The largest absolute Gasteiger partial charge is 0.0625 e. The van der Waals surface area contributed by atoms with E-state index in [0.717, 1.165) is 11.8 Å². The van der Waals surface area contributed by atoms with Crippen LogP contribution < -0.4 is 0 Å². The van der Waals surface area contributed by atoms with Crippen LogP contribution in [0.4, 0.5) is 0 Å². The standard InChI is InChI=1S/C13H18/c1-10-3-6-12(7-4-10)13-8-5-11(2)9-13/h3-4,6-7,11,13H,5,8-9H2,1-2H3/t11?,13-/m0/s1. The third-order valence-corrected chi connectivity index (χ3v) is 3.24. The minimum Gasteiger partial charge on any atom is -0.0625 e. The molecule has 0 saturated heterocycles. The van der Waals surface area contributed by atoms with Gasteiger partial charge in [-0.15, -0.1) is 0 Å². The molecule has 0 N–H and O–H groups in total. The Bertz CT molecular complexity index is 271. The molecule has 1 aliphatic carbocycles. The van der Waals surface area contributed by atoms with Gasteiger partial charge in [-0.05, 0) is 37.2 Å². The van der Waals surface area contributed by atoms with E-state index in [9.17, 15) is 0 Å². The van der Waals surface area contributed by atoms with Gasteiger partial charge in [-0.3, -0.25) is 0 Å². The Labute approximate surface area is 81.0 Å². The van der Waals surface area contributed by atoms with Gasteiger partial charge in [0.2, 0.25) is 0 Å². The minimum absolute atomic E-state index is 0.843. The van der Waals surface area contributed by atoms with E-state index in [2.05, 4.69) is 38.1 Å². The first-order valence-corrected chi connectivity index (χ1v) is 5.32. The second-order valence-corrected chi connectivity index (χ2v) is 4.53. The maximum absolute atomic E-state index is 2.37. The molecule has 13 heavy (non-hydrogen) atoms. The molecule has 0 spiro atoms. The van der Waals surface area contributed by atoms with Gasteiger partial charge in [0.1, 0.15) is 0 Å². The number of hydrogen-bond acceptors (Lipinski definition) is 0. The fourth-order valence-electron chi connectivity index (χ4n) is 2.35. The number of rotatable bonds is 1. The Hall–Kier alpha value is -0.780. The van der Waals surface area contributed by atoms with Crippen LogP contribution in [0.3, 0.4) is 0 Å². The van der Waals surface area contributed by atoms with Crippen molar-refractivity contribution in [3.8, 4) is 0 Å². The van der Waals surface area contributed by atoms with Gasteiger partial charge < -0.3 is 0 Å². The SMILES string of the molecule is Cc1ccc([C@H]2CCC(C)C2)cc1. The first-order valence-electron chi connectivity index (χ1n) is 5.32. The molecule has 1 aromatic carbocycles. The zero-order valence-corrected chi connectivity index (χ0v) is 8.59. The molecule has 0 radical (unpaired) electrons. The Kier molecular flexibility index (Phi) is 2.39. The molecule has 1 aromatic rings. The van der Waals surface area contributed by atoms with Crippen LogP contribution in [0.1, 0.15) is 43.2 Å². The lowest BCUT2D eigenvalue weighted by Crippen LogP contribution is -1.92. The lowest BCUT2D eigenvalue weighted by molar-refractivity contribution is 0.596. The molecule has 0 heterocycles. The van der Waals surface area contributed by atoms with E-state index in [-0.39, 0.29) is 0 Å². The van der Waals surface area contributed by atoms with E-state index in [1.54, 1.807) is 5.56 Å². The van der Waals surface area contributed by atoms with Crippen LogP contribution in [-0.2, 0) is 0 Å². The molecular formula is C13H18. The highest BCUT2D eigenvalue weighted by molar-refractivity contribution is 5.25. The van der Waals surface area contributed by atoms with Crippen LogP contribution in [0, 0.1) is 12.8 Å². The molecule has 0 bridgehead atoms. The van der Waals surface area contributed by atoms with Crippen molar-refractivity contribution in [1.82, 2.24) is 0 Å². The summed E-state index contributed by atoms with van der Waals surface area (Å²) in [6.07, 6.45) is 4.20. The van der Waals surface area contributed by atoms with E-state index < -0.39 is 0 Å². The number of aryl methyl sites for hydroxylation is 1. The van der Waals surface area contributed by atoms with Crippen LogP contribution in [-0.4, -0.2) is 0 Å². The van der Waals surface area contributed by atoms with Crippen molar-refractivity contribution >= 4 is 0 Å². The summed E-state index contributed by atoms with van der Waals surface area (Å²) in [5.74, 6) is 1.78. The van der Waals surface area contributed by atoms with Crippen LogP contribution >= 0.6 is 0 Å². The van der Waals surface area contributed by atoms with Crippen molar-refractivity contribution in [2.45, 2.75) is 39.0 Å². The fourth-order valence-corrected chi connectivity index (χ4v) is 2.35. The Balaban J connectivity index is 2.13. The molecular weight excluding hydrogens is 156 g/mol. The molecule has 2 rings (SSSR count). The van der Waals surface area contributed by atoms with Gasteiger partial charge in [0.25, 0.3) is 0 Å². The molecule has 2 atom stereocenters. The zero-order chi connectivity index (χ0) is 9.26. The van der Waals surface area contributed by atoms with Gasteiger partial charge in [0, 0.05) is 0 Å². The summed E-state index contributed by atoms with van der Waals surface area (Å²) in [5.41, 5.74) is 2.92. The smallest absolute Gasteiger partial charge is 0.0159 e. The molecule has 0 aromatic heterocycles. The minimum atomic E-state index is 0.843. The van der Waals surface area contributed by atoms with Crippen LogP contribution in [0.2, 0.25) is 0 Å². The molecule has 70 valence electrons. The summed E-state index contributed by atoms with van der Waals surface area (Å²) < 4.78 is 0. The van der Waals surface area contributed by atoms with Crippen LogP contribution in [0.25, 0.3) is 0 Å². The van der Waals surface area contributed by atoms with Crippen molar-refractivity contribution < 1.29 is 0 Å². The van der Waals surface area contributed by atoms with Gasteiger partial charge in [0.05, 0.1) is 0 Å². The van der Waals surface area contributed by atoms with E-state index >= 15 is 0 Å². The van der Waals surface area contributed by atoms with E-state index in [0.29, 0.717) is 0 Å². The summed E-state index contributed by atoms with van der Waals surface area (Å²) >= 11 is 0. The van der Waals surface area contributed by atoms with E-state index in [1.165, 1.54) is 24.8 Å². The monoisotopic (exact) mass is 174 g/mol. The highest BCUT2D eigenvalue weighted by Gasteiger charge is 2.22. The topological polar surface area (TPSA) is 0 Å². The first kappa shape index (κ1) is 8.80. The van der Waals surface area contributed by atoms with Crippen molar-refractivity contribution in [3.05, 3.63) is 35.4 Å². The Morgan fingerprint density at radius 2 is 1.77 bits per heavy atom. The van der Waals surface area contributed by atoms with Crippen molar-refractivity contribution in [3.63, 3.8) is 0 Å².